The van der Waals surface area contributed by atoms with Gasteiger partial charge in [-0.3, -0.25) is 0 Å². The summed E-state index contributed by atoms with van der Waals surface area (Å²) in [6.45, 7) is 0.541. The number of unbranched alkanes of at least 4 members (excludes halogenated alkanes) is 1. The van der Waals surface area contributed by atoms with E-state index in [-0.39, 0.29) is 59.1 Å². The van der Waals surface area contributed by atoms with Gasteiger partial charge in [0.25, 0.3) is 0 Å². The molecule has 0 aromatic rings. The molecule has 0 amide bonds. The van der Waals surface area contributed by atoms with Crippen molar-refractivity contribution < 1.29 is 72.4 Å². The summed E-state index contributed by atoms with van der Waals surface area (Å²) in [5, 5.41) is 0. The smallest absolute Gasteiger partial charge is 0.746 e. The van der Waals surface area contributed by atoms with Crippen LogP contribution in [0.25, 0.3) is 0 Å². The van der Waals surface area contributed by atoms with Gasteiger partial charge < -0.3 is 14.8 Å². The van der Waals surface area contributed by atoms with Gasteiger partial charge in [-0.25, -0.2) is 4.21 Å². The van der Waals surface area contributed by atoms with Crippen LogP contribution in [0.2, 0.25) is 0 Å². The molecule has 0 atom stereocenters. The summed E-state index contributed by atoms with van der Waals surface area (Å²) in [6.07, 6.45) is 1.45. The minimum Gasteiger partial charge on any atom is -0.746 e. The Morgan fingerprint density at radius 1 is 1.25 bits per heavy atom. The van der Waals surface area contributed by atoms with Crippen molar-refractivity contribution in [2.75, 3.05) is 12.3 Å². The van der Waals surface area contributed by atoms with E-state index in [2.05, 4.69) is 0 Å². The molecule has 0 aromatic heterocycles. The Balaban J connectivity index is -0.000000405. The van der Waals surface area contributed by atoms with Crippen molar-refractivity contribution in [2.24, 2.45) is 5.73 Å². The molecule has 62 valence electrons. The Morgan fingerprint density at radius 3 is 2.08 bits per heavy atom. The molecule has 12 heavy (non-hydrogen) atoms. The van der Waals surface area contributed by atoms with Crippen molar-refractivity contribution in [3.8, 4) is 0 Å². The van der Waals surface area contributed by atoms with Gasteiger partial charge in [-0.2, -0.15) is 0 Å². The van der Waals surface area contributed by atoms with Gasteiger partial charge >= 0.3 is 59.1 Å². The molecule has 0 fully saturated rings. The Hall–Kier alpha value is 2.25. The molecular formula is C4H10NNa2O3S2+. The summed E-state index contributed by atoms with van der Waals surface area (Å²) in [6, 6.07) is 0. The van der Waals surface area contributed by atoms with Crippen LogP contribution in [0.4, 0.5) is 0 Å². The third-order valence-corrected chi connectivity index (χ3v) is 2.94. The Bertz CT molecular complexity index is 185. The molecular weight excluding hydrogens is 220 g/mol. The summed E-state index contributed by atoms with van der Waals surface area (Å²) in [5.74, 6) is 0.350. The SMILES string of the molecule is NCCCC[S+]=S(=O)([O-])[O-].[Na+].[Na+]. The largest absolute Gasteiger partial charge is 1.00 e. The molecule has 0 aliphatic rings. The molecule has 0 aliphatic carbocycles. The average molecular weight is 230 g/mol. The van der Waals surface area contributed by atoms with Gasteiger partial charge in [-0.15, -0.1) is 0 Å². The Morgan fingerprint density at radius 2 is 1.75 bits per heavy atom. The van der Waals surface area contributed by atoms with E-state index >= 15 is 0 Å². The Kier molecular flexibility index (Phi) is 18.7. The van der Waals surface area contributed by atoms with Crippen molar-refractivity contribution in [3.05, 3.63) is 0 Å². The third kappa shape index (κ3) is 18.1. The van der Waals surface area contributed by atoms with Gasteiger partial charge in [0, 0.05) is 6.42 Å². The molecule has 0 unspecified atom stereocenters. The van der Waals surface area contributed by atoms with Gasteiger partial charge in [0.1, 0.15) is 0 Å². The zero-order valence-electron chi connectivity index (χ0n) is 7.45. The molecule has 0 aliphatic heterocycles. The molecule has 0 aromatic carbocycles. The fourth-order valence-corrected chi connectivity index (χ4v) is 1.90. The fraction of sp³-hybridized carbons (Fsp3) is 1.00. The minimum atomic E-state index is -4.08. The van der Waals surface area contributed by atoms with Gasteiger partial charge in [0.2, 0.25) is 10.3 Å². The van der Waals surface area contributed by atoms with Crippen molar-refractivity contribution in [1.82, 2.24) is 0 Å². The van der Waals surface area contributed by atoms with Gasteiger partial charge in [0.05, 0.1) is 9.05 Å². The molecule has 0 saturated carbocycles. The molecule has 0 rings (SSSR count). The normalized spacial score (nSPS) is 9.58. The second-order valence-corrected chi connectivity index (χ2v) is 5.12. The van der Waals surface area contributed by atoms with Crippen LogP contribution in [0, 0.1) is 0 Å². The molecule has 4 nitrogen and oxygen atoms in total. The summed E-state index contributed by atoms with van der Waals surface area (Å²) in [7, 11) is -3.64. The summed E-state index contributed by atoms with van der Waals surface area (Å²) < 4.78 is 29.9. The second kappa shape index (κ2) is 11.3. The van der Waals surface area contributed by atoms with Crippen LogP contribution in [0.1, 0.15) is 12.8 Å². The van der Waals surface area contributed by atoms with E-state index in [1.807, 2.05) is 0 Å². The molecule has 0 spiro atoms. The zero-order valence-corrected chi connectivity index (χ0v) is 13.1. The van der Waals surface area contributed by atoms with Crippen molar-refractivity contribution >= 4 is 19.4 Å². The number of nitrogens with two attached hydrogens (primary N) is 1. The van der Waals surface area contributed by atoms with Crippen molar-refractivity contribution in [2.45, 2.75) is 12.8 Å². The van der Waals surface area contributed by atoms with Gasteiger partial charge in [-0.05, 0) is 13.0 Å². The molecule has 0 radical (unpaired) electrons. The van der Waals surface area contributed by atoms with E-state index in [1.54, 1.807) is 0 Å². The number of hydrogen-bond acceptors (Lipinski definition) is 4. The minimum absolute atomic E-state index is 0. The maximum atomic E-state index is 9.97. The first-order chi connectivity index (χ1) is 4.56. The number of rotatable bonds is 4. The fourth-order valence-electron chi connectivity index (χ4n) is 0.407. The molecule has 0 heterocycles. The average Bonchev–Trinajstić information content (AvgIpc) is 1.78. The van der Waals surface area contributed by atoms with E-state index in [4.69, 9.17) is 5.73 Å². The number of hydrogen-bond donors (Lipinski definition) is 1. The molecule has 0 saturated heterocycles. The van der Waals surface area contributed by atoms with Crippen LogP contribution < -0.4 is 64.8 Å². The van der Waals surface area contributed by atoms with E-state index in [9.17, 15) is 13.3 Å². The maximum absolute atomic E-state index is 9.97. The van der Waals surface area contributed by atoms with Crippen LogP contribution in [-0.2, 0) is 19.4 Å². The van der Waals surface area contributed by atoms with Gasteiger partial charge in [0.15, 0.2) is 5.75 Å². The van der Waals surface area contributed by atoms with Crippen LogP contribution in [0.3, 0.4) is 0 Å². The molecule has 2 N–H and O–H groups in total. The summed E-state index contributed by atoms with van der Waals surface area (Å²) >= 11 is 0. The topological polar surface area (TPSA) is 89.2 Å². The monoisotopic (exact) mass is 230 g/mol. The molecule has 0 bridgehead atoms. The van der Waals surface area contributed by atoms with E-state index in [1.165, 1.54) is 0 Å². The predicted octanol–water partition coefficient (Wildman–Crippen LogP) is -6.72. The first-order valence-corrected chi connectivity index (χ1v) is 5.77. The van der Waals surface area contributed by atoms with Crippen LogP contribution in [0.15, 0.2) is 0 Å². The van der Waals surface area contributed by atoms with Crippen LogP contribution in [-0.4, -0.2) is 25.6 Å². The first-order valence-electron chi connectivity index (χ1n) is 2.86. The van der Waals surface area contributed by atoms with E-state index < -0.39 is 9.05 Å². The third-order valence-electron chi connectivity index (χ3n) is 0.826. The summed E-state index contributed by atoms with van der Waals surface area (Å²) in [4.78, 5) is 0. The second-order valence-electron chi connectivity index (χ2n) is 1.73. The van der Waals surface area contributed by atoms with Crippen LogP contribution in [0.5, 0.6) is 0 Å². The van der Waals surface area contributed by atoms with Crippen LogP contribution >= 0.6 is 0 Å². The van der Waals surface area contributed by atoms with E-state index in [0.29, 0.717) is 29.0 Å². The maximum Gasteiger partial charge on any atom is 1.00 e. The predicted molar refractivity (Wildman–Crippen MR) is 40.2 cm³/mol. The zero-order chi connectivity index (χ0) is 8.04. The molecule has 8 heteroatoms. The van der Waals surface area contributed by atoms with Crippen molar-refractivity contribution in [3.63, 3.8) is 0 Å². The first kappa shape index (κ1) is 19.8. The van der Waals surface area contributed by atoms with Gasteiger partial charge in [-0.1, -0.05) is 0 Å². The van der Waals surface area contributed by atoms with Crippen molar-refractivity contribution in [1.29, 1.82) is 0 Å². The summed E-state index contributed by atoms with van der Waals surface area (Å²) in [5.41, 5.74) is 5.14. The van der Waals surface area contributed by atoms with E-state index in [0.717, 1.165) is 6.42 Å². The Labute approximate surface area is 121 Å². The standard InChI is InChI=1S/C4H11NO3S2.2Na/c5-3-1-2-4-9-10(6,7)8;;/h1-5H2,(H-,6,7,8);;/q;2*+1/p-1. The quantitative estimate of drug-likeness (QED) is 0.295.